The maximum Gasteiger partial charge on any atom is 0.136 e. The second-order valence-corrected chi connectivity index (χ2v) is 3.78. The van der Waals surface area contributed by atoms with E-state index in [9.17, 15) is 4.39 Å². The average Bonchev–Trinajstić information content (AvgIpc) is 2.37. The zero-order valence-corrected chi connectivity index (χ0v) is 10.5. The summed E-state index contributed by atoms with van der Waals surface area (Å²) >= 11 is 0. The van der Waals surface area contributed by atoms with E-state index in [0.717, 1.165) is 0 Å². The van der Waals surface area contributed by atoms with Crippen LogP contribution in [0.2, 0.25) is 0 Å². The molecule has 0 aliphatic carbocycles. The van der Waals surface area contributed by atoms with E-state index in [1.807, 2.05) is 0 Å². The fourth-order valence-electron chi connectivity index (χ4n) is 1.66. The predicted octanol–water partition coefficient (Wildman–Crippen LogP) is 2.64. The van der Waals surface area contributed by atoms with E-state index in [1.54, 1.807) is 32.2 Å². The molecular formula is C13H14FN3O. The Kier molecular flexibility index (Phi) is 3.41. The van der Waals surface area contributed by atoms with Gasteiger partial charge in [0.15, 0.2) is 0 Å². The molecule has 4 nitrogen and oxygen atoms in total. The molecule has 0 radical (unpaired) electrons. The number of aryl methyl sites for hydroxylation is 1. The van der Waals surface area contributed by atoms with Crippen LogP contribution in [0.4, 0.5) is 10.2 Å². The SMILES string of the molecule is CNc1cc(-c2ccc(OC)cc2F)nc(C)n1. The Balaban J connectivity index is 2.51. The molecule has 1 aromatic carbocycles. The molecule has 0 aliphatic heterocycles. The number of benzene rings is 1. The molecule has 18 heavy (non-hydrogen) atoms. The molecule has 0 saturated carbocycles. The molecule has 0 aliphatic rings. The monoisotopic (exact) mass is 247 g/mol. The Hall–Kier alpha value is -2.17. The maximum absolute atomic E-state index is 13.9. The quantitative estimate of drug-likeness (QED) is 0.905. The largest absolute Gasteiger partial charge is 0.497 e. The molecule has 1 N–H and O–H groups in total. The smallest absolute Gasteiger partial charge is 0.136 e. The van der Waals surface area contributed by atoms with Crippen molar-refractivity contribution in [3.05, 3.63) is 35.9 Å². The maximum atomic E-state index is 13.9. The van der Waals surface area contributed by atoms with Gasteiger partial charge < -0.3 is 10.1 Å². The van der Waals surface area contributed by atoms with E-state index >= 15 is 0 Å². The van der Waals surface area contributed by atoms with Crippen LogP contribution in [-0.2, 0) is 0 Å². The van der Waals surface area contributed by atoms with Gasteiger partial charge in [0.05, 0.1) is 12.8 Å². The van der Waals surface area contributed by atoms with Gasteiger partial charge in [0.1, 0.15) is 23.2 Å². The lowest BCUT2D eigenvalue weighted by atomic mass is 10.1. The summed E-state index contributed by atoms with van der Waals surface area (Å²) in [6.07, 6.45) is 0. The molecule has 1 aromatic heterocycles. The first-order valence-electron chi connectivity index (χ1n) is 5.51. The van der Waals surface area contributed by atoms with Crippen LogP contribution in [0.25, 0.3) is 11.3 Å². The van der Waals surface area contributed by atoms with Crippen LogP contribution in [0.15, 0.2) is 24.3 Å². The number of rotatable bonds is 3. The molecule has 0 saturated heterocycles. The number of halogens is 1. The Morgan fingerprint density at radius 1 is 1.22 bits per heavy atom. The molecule has 0 unspecified atom stereocenters. The van der Waals surface area contributed by atoms with Crippen molar-refractivity contribution in [2.24, 2.45) is 0 Å². The summed E-state index contributed by atoms with van der Waals surface area (Å²) in [6.45, 7) is 1.77. The number of aromatic nitrogens is 2. The highest BCUT2D eigenvalue weighted by molar-refractivity contribution is 5.64. The Morgan fingerprint density at radius 3 is 2.61 bits per heavy atom. The molecule has 0 fully saturated rings. The van der Waals surface area contributed by atoms with Crippen LogP contribution in [0.1, 0.15) is 5.82 Å². The first-order chi connectivity index (χ1) is 8.63. The number of ether oxygens (including phenoxy) is 1. The van der Waals surface area contributed by atoms with Gasteiger partial charge in [0.25, 0.3) is 0 Å². The molecule has 0 bridgehead atoms. The van der Waals surface area contributed by atoms with E-state index in [1.165, 1.54) is 13.2 Å². The molecule has 0 atom stereocenters. The van der Waals surface area contributed by atoms with Gasteiger partial charge in [0, 0.05) is 24.7 Å². The summed E-state index contributed by atoms with van der Waals surface area (Å²) in [5.74, 6) is 1.37. The number of anilines is 1. The van der Waals surface area contributed by atoms with Crippen LogP contribution in [0.3, 0.4) is 0 Å². The standard InChI is InChI=1S/C13H14FN3O/c1-8-16-12(7-13(15-2)17-8)10-5-4-9(18-3)6-11(10)14/h4-7H,1-3H3,(H,15,16,17). The van der Waals surface area contributed by atoms with Gasteiger partial charge in [-0.1, -0.05) is 0 Å². The highest BCUT2D eigenvalue weighted by Crippen LogP contribution is 2.26. The number of hydrogen-bond acceptors (Lipinski definition) is 4. The highest BCUT2D eigenvalue weighted by atomic mass is 19.1. The fourth-order valence-corrected chi connectivity index (χ4v) is 1.66. The molecule has 94 valence electrons. The first kappa shape index (κ1) is 12.3. The van der Waals surface area contributed by atoms with Gasteiger partial charge in [-0.15, -0.1) is 0 Å². The summed E-state index contributed by atoms with van der Waals surface area (Å²) in [5.41, 5.74) is 0.977. The normalized spacial score (nSPS) is 10.2. The van der Waals surface area contributed by atoms with Crippen molar-refractivity contribution >= 4 is 5.82 Å². The second-order valence-electron chi connectivity index (χ2n) is 3.78. The Bertz CT molecular complexity index is 572. The van der Waals surface area contributed by atoms with Crippen LogP contribution in [-0.4, -0.2) is 24.1 Å². The fraction of sp³-hybridized carbons (Fsp3) is 0.231. The van der Waals surface area contributed by atoms with Crippen LogP contribution in [0, 0.1) is 12.7 Å². The molecule has 1 heterocycles. The Morgan fingerprint density at radius 2 is 2.00 bits per heavy atom. The zero-order chi connectivity index (χ0) is 13.1. The van der Waals surface area contributed by atoms with Crippen molar-refractivity contribution in [2.45, 2.75) is 6.92 Å². The van der Waals surface area contributed by atoms with Crippen molar-refractivity contribution in [3.63, 3.8) is 0 Å². The van der Waals surface area contributed by atoms with E-state index in [2.05, 4.69) is 15.3 Å². The summed E-state index contributed by atoms with van der Waals surface area (Å²) in [7, 11) is 3.26. The number of nitrogens with one attached hydrogen (secondary N) is 1. The number of hydrogen-bond donors (Lipinski definition) is 1. The lowest BCUT2D eigenvalue weighted by Crippen LogP contribution is -1.99. The van der Waals surface area contributed by atoms with Gasteiger partial charge in [-0.3, -0.25) is 0 Å². The van der Waals surface area contributed by atoms with Crippen molar-refractivity contribution < 1.29 is 9.13 Å². The van der Waals surface area contributed by atoms with Gasteiger partial charge in [0.2, 0.25) is 0 Å². The van der Waals surface area contributed by atoms with E-state index < -0.39 is 0 Å². The van der Waals surface area contributed by atoms with Gasteiger partial charge in [-0.05, 0) is 19.1 Å². The lowest BCUT2D eigenvalue weighted by Gasteiger charge is -2.08. The van der Waals surface area contributed by atoms with E-state index in [4.69, 9.17) is 4.74 Å². The molecular weight excluding hydrogens is 233 g/mol. The van der Waals surface area contributed by atoms with Gasteiger partial charge in [-0.2, -0.15) is 0 Å². The first-order valence-corrected chi connectivity index (χ1v) is 5.51. The van der Waals surface area contributed by atoms with E-state index in [-0.39, 0.29) is 5.82 Å². The van der Waals surface area contributed by atoms with Crippen molar-refractivity contribution in [1.82, 2.24) is 9.97 Å². The molecule has 5 heteroatoms. The number of methoxy groups -OCH3 is 1. The lowest BCUT2D eigenvalue weighted by molar-refractivity contribution is 0.411. The number of nitrogens with zero attached hydrogens (tertiary/aromatic N) is 2. The minimum absolute atomic E-state index is 0.366. The highest BCUT2D eigenvalue weighted by Gasteiger charge is 2.10. The minimum atomic E-state index is -0.366. The summed E-state index contributed by atoms with van der Waals surface area (Å²) in [6, 6.07) is 6.40. The summed E-state index contributed by atoms with van der Waals surface area (Å²) in [4.78, 5) is 8.41. The summed E-state index contributed by atoms with van der Waals surface area (Å²) in [5, 5.41) is 2.92. The second kappa shape index (κ2) is 5.00. The van der Waals surface area contributed by atoms with Crippen LogP contribution in [0.5, 0.6) is 5.75 Å². The van der Waals surface area contributed by atoms with Crippen molar-refractivity contribution in [2.75, 3.05) is 19.5 Å². The van der Waals surface area contributed by atoms with Crippen molar-refractivity contribution in [1.29, 1.82) is 0 Å². The summed E-state index contributed by atoms with van der Waals surface area (Å²) < 4.78 is 18.9. The van der Waals surface area contributed by atoms with Gasteiger partial charge >= 0.3 is 0 Å². The third-order valence-electron chi connectivity index (χ3n) is 2.55. The van der Waals surface area contributed by atoms with Gasteiger partial charge in [-0.25, -0.2) is 14.4 Å². The minimum Gasteiger partial charge on any atom is -0.497 e. The zero-order valence-electron chi connectivity index (χ0n) is 10.5. The Labute approximate surface area is 105 Å². The average molecular weight is 247 g/mol. The van der Waals surface area contributed by atoms with Crippen LogP contribution < -0.4 is 10.1 Å². The molecule has 0 spiro atoms. The third-order valence-corrected chi connectivity index (χ3v) is 2.55. The van der Waals surface area contributed by atoms with E-state index in [0.29, 0.717) is 28.6 Å². The molecule has 0 amide bonds. The van der Waals surface area contributed by atoms with Crippen molar-refractivity contribution in [3.8, 4) is 17.0 Å². The topological polar surface area (TPSA) is 47.0 Å². The third kappa shape index (κ3) is 2.40. The molecule has 2 rings (SSSR count). The van der Waals surface area contributed by atoms with Crippen LogP contribution >= 0.6 is 0 Å². The molecule has 2 aromatic rings. The predicted molar refractivity (Wildman–Crippen MR) is 68.3 cm³/mol.